The third kappa shape index (κ3) is 7.25. The van der Waals surface area contributed by atoms with Crippen molar-refractivity contribution in [3.8, 4) is 5.75 Å². The average molecular weight is 439 g/mol. The van der Waals surface area contributed by atoms with Crippen LogP contribution in [0, 0.1) is 0 Å². The summed E-state index contributed by atoms with van der Waals surface area (Å²) in [6.45, 7) is 2.35. The van der Waals surface area contributed by atoms with Crippen molar-refractivity contribution in [1.29, 1.82) is 0 Å². The molecule has 0 fully saturated rings. The quantitative estimate of drug-likeness (QED) is 0.345. The molecule has 1 atom stereocenters. The molecule has 0 unspecified atom stereocenters. The first-order valence-corrected chi connectivity index (χ1v) is 11.0. The summed E-state index contributed by atoms with van der Waals surface area (Å²) in [7, 11) is 0. The van der Waals surface area contributed by atoms with Crippen LogP contribution in [0.4, 0.5) is 0 Å². The van der Waals surface area contributed by atoms with E-state index in [1.54, 1.807) is 18.0 Å². The molecule has 1 amide bonds. The summed E-state index contributed by atoms with van der Waals surface area (Å²) in [5.74, 6) is 1.43. The van der Waals surface area contributed by atoms with E-state index in [9.17, 15) is 4.79 Å². The molecule has 0 aliphatic rings. The largest absolute Gasteiger partial charge is 0.489 e. The lowest BCUT2D eigenvalue weighted by Gasteiger charge is -2.09. The van der Waals surface area contributed by atoms with Gasteiger partial charge < -0.3 is 4.74 Å². The highest BCUT2D eigenvalue weighted by Crippen LogP contribution is 2.18. The summed E-state index contributed by atoms with van der Waals surface area (Å²) >= 11 is 7.47. The fourth-order valence-electron chi connectivity index (χ4n) is 2.53. The number of hydrogen-bond acceptors (Lipinski definition) is 4. The number of nitrogens with zero attached hydrogens (tertiary/aromatic N) is 1. The van der Waals surface area contributed by atoms with Gasteiger partial charge in [0.1, 0.15) is 12.4 Å². The number of hydrazone groups is 1. The Morgan fingerprint density at radius 2 is 1.73 bits per heavy atom. The smallest absolute Gasteiger partial charge is 0.252 e. The molecular formula is C24H23ClN2O2S. The number of carbonyl (C=O) groups excluding carboxylic acids is 1. The predicted octanol–water partition coefficient (Wildman–Crippen LogP) is 5.69. The van der Waals surface area contributed by atoms with E-state index in [1.807, 2.05) is 73.7 Å². The Hall–Kier alpha value is -2.76. The van der Waals surface area contributed by atoms with Gasteiger partial charge in [-0.05, 0) is 60.0 Å². The second-order valence-corrected chi connectivity index (χ2v) is 8.42. The molecule has 6 heteroatoms. The zero-order chi connectivity index (χ0) is 21.2. The Morgan fingerprint density at radius 1 is 1.03 bits per heavy atom. The van der Waals surface area contributed by atoms with Crippen LogP contribution in [0.3, 0.4) is 0 Å². The molecule has 4 nitrogen and oxygen atoms in total. The summed E-state index contributed by atoms with van der Waals surface area (Å²) in [5.41, 5.74) is 5.72. The molecule has 0 aliphatic carbocycles. The van der Waals surface area contributed by atoms with E-state index in [0.29, 0.717) is 11.6 Å². The molecule has 154 valence electrons. The van der Waals surface area contributed by atoms with Gasteiger partial charge in [0.25, 0.3) is 5.91 Å². The van der Waals surface area contributed by atoms with Crippen LogP contribution in [0.2, 0.25) is 5.02 Å². The third-order valence-electron chi connectivity index (χ3n) is 4.30. The summed E-state index contributed by atoms with van der Waals surface area (Å²) in [6.07, 6.45) is 1.62. The number of halogens is 1. The molecule has 0 saturated heterocycles. The van der Waals surface area contributed by atoms with Gasteiger partial charge in [0.05, 0.1) is 11.5 Å². The van der Waals surface area contributed by atoms with Crippen LogP contribution in [-0.2, 0) is 17.2 Å². The molecule has 3 rings (SSSR count). The minimum Gasteiger partial charge on any atom is -0.489 e. The molecule has 0 spiro atoms. The second kappa shape index (κ2) is 11.4. The first-order valence-electron chi connectivity index (χ1n) is 9.56. The maximum absolute atomic E-state index is 12.2. The van der Waals surface area contributed by atoms with Crippen molar-refractivity contribution >= 4 is 35.5 Å². The fraction of sp³-hybridized carbons (Fsp3) is 0.167. The molecule has 0 heterocycles. The van der Waals surface area contributed by atoms with Crippen molar-refractivity contribution in [2.24, 2.45) is 5.10 Å². The highest BCUT2D eigenvalue weighted by atomic mass is 35.5. The lowest BCUT2D eigenvalue weighted by atomic mass is 10.2. The van der Waals surface area contributed by atoms with Crippen LogP contribution in [0.1, 0.15) is 23.6 Å². The van der Waals surface area contributed by atoms with E-state index in [0.717, 1.165) is 22.6 Å². The Bertz CT molecular complexity index is 961. The molecule has 0 aromatic heterocycles. The van der Waals surface area contributed by atoms with Crippen molar-refractivity contribution < 1.29 is 9.53 Å². The van der Waals surface area contributed by atoms with Crippen molar-refractivity contribution in [3.63, 3.8) is 0 Å². The lowest BCUT2D eigenvalue weighted by Crippen LogP contribution is -2.26. The maximum atomic E-state index is 12.2. The van der Waals surface area contributed by atoms with E-state index in [2.05, 4.69) is 22.7 Å². The van der Waals surface area contributed by atoms with Crippen LogP contribution in [0.25, 0.3) is 0 Å². The summed E-state index contributed by atoms with van der Waals surface area (Å²) in [4.78, 5) is 12.2. The van der Waals surface area contributed by atoms with Gasteiger partial charge in [-0.3, -0.25) is 4.79 Å². The number of ether oxygens (including phenoxy) is 1. The van der Waals surface area contributed by atoms with Gasteiger partial charge in [0.15, 0.2) is 0 Å². The Balaban J connectivity index is 1.41. The van der Waals surface area contributed by atoms with Crippen LogP contribution < -0.4 is 10.2 Å². The fourth-order valence-corrected chi connectivity index (χ4v) is 3.49. The zero-order valence-corrected chi connectivity index (χ0v) is 18.2. The van der Waals surface area contributed by atoms with Crippen molar-refractivity contribution in [1.82, 2.24) is 5.43 Å². The minimum absolute atomic E-state index is 0.116. The summed E-state index contributed by atoms with van der Waals surface area (Å²) in [6, 6.07) is 25.2. The molecule has 0 saturated carbocycles. The van der Waals surface area contributed by atoms with Crippen LogP contribution in [-0.4, -0.2) is 17.4 Å². The molecule has 30 heavy (non-hydrogen) atoms. The topological polar surface area (TPSA) is 50.7 Å². The van der Waals surface area contributed by atoms with E-state index in [-0.39, 0.29) is 11.2 Å². The van der Waals surface area contributed by atoms with Crippen LogP contribution in [0.5, 0.6) is 5.75 Å². The number of rotatable bonds is 9. The number of carbonyl (C=O) groups is 1. The number of hydrogen-bond donors (Lipinski definition) is 1. The number of nitrogens with one attached hydrogen (secondary N) is 1. The van der Waals surface area contributed by atoms with Crippen LogP contribution >= 0.6 is 23.4 Å². The van der Waals surface area contributed by atoms with E-state index < -0.39 is 0 Å². The van der Waals surface area contributed by atoms with Gasteiger partial charge in [-0.1, -0.05) is 54.1 Å². The zero-order valence-electron chi connectivity index (χ0n) is 16.6. The van der Waals surface area contributed by atoms with E-state index >= 15 is 0 Å². The number of benzene rings is 3. The molecule has 0 aliphatic heterocycles. The number of thioether (sulfide) groups is 1. The summed E-state index contributed by atoms with van der Waals surface area (Å²) in [5, 5.41) is 4.58. The summed E-state index contributed by atoms with van der Waals surface area (Å²) < 4.78 is 5.76. The third-order valence-corrected chi connectivity index (χ3v) is 5.77. The molecule has 3 aromatic rings. The second-order valence-electron chi connectivity index (χ2n) is 6.66. The molecule has 3 aromatic carbocycles. The predicted molar refractivity (Wildman–Crippen MR) is 125 cm³/mol. The van der Waals surface area contributed by atoms with E-state index in [1.165, 1.54) is 5.56 Å². The molecular weight excluding hydrogens is 416 g/mol. The average Bonchev–Trinajstić information content (AvgIpc) is 2.78. The monoisotopic (exact) mass is 438 g/mol. The molecule has 1 N–H and O–H groups in total. The van der Waals surface area contributed by atoms with Crippen molar-refractivity contribution in [2.75, 3.05) is 0 Å². The highest BCUT2D eigenvalue weighted by Gasteiger charge is 2.12. The van der Waals surface area contributed by atoms with Crippen LogP contribution in [0.15, 0.2) is 84.0 Å². The molecule has 0 bridgehead atoms. The van der Waals surface area contributed by atoms with Gasteiger partial charge in [-0.2, -0.15) is 5.10 Å². The van der Waals surface area contributed by atoms with Gasteiger partial charge in [0.2, 0.25) is 0 Å². The van der Waals surface area contributed by atoms with E-state index in [4.69, 9.17) is 16.3 Å². The lowest BCUT2D eigenvalue weighted by molar-refractivity contribution is -0.120. The van der Waals surface area contributed by atoms with Crippen molar-refractivity contribution in [2.45, 2.75) is 24.5 Å². The Kier molecular flexibility index (Phi) is 8.36. The van der Waals surface area contributed by atoms with Gasteiger partial charge in [0, 0.05) is 10.8 Å². The standard InChI is InChI=1S/C24H23ClN2O2S/c1-18(30-17-21-5-3-2-4-6-21)24(28)27-26-15-19-9-13-23(14-10-19)29-16-20-7-11-22(25)12-8-20/h2-15,18H,16-17H2,1H3,(H,27,28)/b26-15-/t18-/m1/s1. The SMILES string of the molecule is C[C@@H](SCc1ccccc1)C(=O)N/N=C\c1ccc(OCc2ccc(Cl)cc2)cc1. The maximum Gasteiger partial charge on any atom is 0.252 e. The Labute approximate surface area is 186 Å². The highest BCUT2D eigenvalue weighted by molar-refractivity contribution is 7.99. The normalized spacial score (nSPS) is 11.9. The van der Waals surface area contributed by atoms with Gasteiger partial charge in [-0.25, -0.2) is 5.43 Å². The first kappa shape index (κ1) is 21.9. The Morgan fingerprint density at radius 3 is 2.43 bits per heavy atom. The number of amides is 1. The van der Waals surface area contributed by atoms with Gasteiger partial charge >= 0.3 is 0 Å². The van der Waals surface area contributed by atoms with Crippen molar-refractivity contribution in [3.05, 3.63) is 101 Å². The molecule has 0 radical (unpaired) electrons. The first-order chi connectivity index (χ1) is 14.6. The van der Waals surface area contributed by atoms with Gasteiger partial charge in [-0.15, -0.1) is 11.8 Å². The minimum atomic E-state index is -0.189.